The Kier molecular flexibility index (Phi) is 7.06. The highest BCUT2D eigenvalue weighted by molar-refractivity contribution is 5.68. The third kappa shape index (κ3) is 5.49. The lowest BCUT2D eigenvalue weighted by atomic mass is 9.89. The Hall–Kier alpha value is -1.10. The van der Waals surface area contributed by atoms with Crippen LogP contribution in [0.25, 0.3) is 0 Å². The number of hydrogen-bond donors (Lipinski definition) is 1. The highest BCUT2D eigenvalue weighted by Gasteiger charge is 2.45. The molecule has 28 heavy (non-hydrogen) atoms. The van der Waals surface area contributed by atoms with Gasteiger partial charge in [-0.2, -0.15) is 13.2 Å². The van der Waals surface area contributed by atoms with Gasteiger partial charge in [0.05, 0.1) is 25.4 Å². The molecule has 3 rings (SSSR count). The van der Waals surface area contributed by atoms with Crippen LogP contribution in [-0.2, 0) is 14.2 Å². The number of piperidine rings is 1. The first-order chi connectivity index (χ1) is 13.3. The number of carbonyl (C=O) groups excluding carboxylic acids is 1. The first-order valence-electron chi connectivity index (χ1n) is 9.88. The molecule has 2 atom stereocenters. The average Bonchev–Trinajstić information content (AvgIpc) is 2.66. The van der Waals surface area contributed by atoms with E-state index in [4.69, 9.17) is 14.6 Å². The first kappa shape index (κ1) is 21.6. The number of morpholine rings is 1. The minimum absolute atomic E-state index is 0.273. The van der Waals surface area contributed by atoms with Crippen LogP contribution >= 0.6 is 0 Å². The van der Waals surface area contributed by atoms with Crippen LogP contribution in [-0.4, -0.2) is 98.0 Å². The Morgan fingerprint density at radius 3 is 2.61 bits per heavy atom. The number of nitrogens with zero attached hydrogens (tertiary/aromatic N) is 2. The van der Waals surface area contributed by atoms with Crippen LogP contribution in [0, 0.1) is 5.92 Å². The summed E-state index contributed by atoms with van der Waals surface area (Å²) in [6, 6.07) is 0. The SMILES string of the molecule is O=C(O[C@H](CO)C(F)(F)F)N1CCC2(CC1)CN(CC1CCCOC1)CCO2. The quantitative estimate of drug-likeness (QED) is 0.760. The van der Waals surface area contributed by atoms with Crippen LogP contribution < -0.4 is 0 Å². The van der Waals surface area contributed by atoms with Gasteiger partial charge in [-0.1, -0.05) is 0 Å². The van der Waals surface area contributed by atoms with E-state index in [2.05, 4.69) is 9.64 Å². The fourth-order valence-corrected chi connectivity index (χ4v) is 4.20. The van der Waals surface area contributed by atoms with Gasteiger partial charge in [-0.05, 0) is 31.6 Å². The number of carbonyl (C=O) groups is 1. The largest absolute Gasteiger partial charge is 0.434 e. The zero-order chi connectivity index (χ0) is 20.2. The van der Waals surface area contributed by atoms with Crippen molar-refractivity contribution >= 4 is 6.09 Å². The molecule has 7 nitrogen and oxygen atoms in total. The lowest BCUT2D eigenvalue weighted by Crippen LogP contribution is -2.58. The van der Waals surface area contributed by atoms with Crippen LogP contribution in [0.15, 0.2) is 0 Å². The second-order valence-electron chi connectivity index (χ2n) is 7.93. The van der Waals surface area contributed by atoms with E-state index >= 15 is 0 Å². The van der Waals surface area contributed by atoms with Gasteiger partial charge in [0.1, 0.15) is 0 Å². The van der Waals surface area contributed by atoms with Crippen LogP contribution in [0.4, 0.5) is 18.0 Å². The Balaban J connectivity index is 1.48. The van der Waals surface area contributed by atoms with Gasteiger partial charge in [0, 0.05) is 39.3 Å². The molecule has 3 fully saturated rings. The predicted octanol–water partition coefficient (Wildman–Crippen LogP) is 1.64. The molecule has 0 bridgehead atoms. The van der Waals surface area contributed by atoms with Gasteiger partial charge in [-0.3, -0.25) is 4.90 Å². The van der Waals surface area contributed by atoms with Crippen molar-refractivity contribution in [1.29, 1.82) is 0 Å². The van der Waals surface area contributed by atoms with Crippen molar-refractivity contribution < 1.29 is 37.3 Å². The lowest BCUT2D eigenvalue weighted by Gasteiger charge is -2.47. The summed E-state index contributed by atoms with van der Waals surface area (Å²) < 4.78 is 54.1. The number of hydrogen-bond acceptors (Lipinski definition) is 6. The molecular weight excluding hydrogens is 381 g/mol. The highest BCUT2D eigenvalue weighted by Crippen LogP contribution is 2.32. The van der Waals surface area contributed by atoms with E-state index < -0.39 is 25.0 Å². The summed E-state index contributed by atoms with van der Waals surface area (Å²) >= 11 is 0. The molecule has 1 amide bonds. The number of likely N-dealkylation sites (tertiary alicyclic amines) is 1. The number of aliphatic hydroxyl groups is 1. The predicted molar refractivity (Wildman–Crippen MR) is 92.9 cm³/mol. The van der Waals surface area contributed by atoms with Crippen molar-refractivity contribution in [2.24, 2.45) is 5.92 Å². The minimum Gasteiger partial charge on any atom is -0.434 e. The Bertz CT molecular complexity index is 520. The molecule has 1 spiro atoms. The number of ether oxygens (including phenoxy) is 3. The zero-order valence-electron chi connectivity index (χ0n) is 16.0. The number of halogens is 3. The zero-order valence-corrected chi connectivity index (χ0v) is 16.0. The molecule has 0 radical (unpaired) electrons. The van der Waals surface area contributed by atoms with Gasteiger partial charge in [-0.25, -0.2) is 4.79 Å². The monoisotopic (exact) mass is 410 g/mol. The molecule has 3 saturated heterocycles. The van der Waals surface area contributed by atoms with E-state index in [1.165, 1.54) is 4.90 Å². The van der Waals surface area contributed by atoms with Gasteiger partial charge in [0.25, 0.3) is 0 Å². The van der Waals surface area contributed by atoms with Gasteiger partial charge < -0.3 is 24.2 Å². The van der Waals surface area contributed by atoms with E-state index in [1.54, 1.807) is 0 Å². The van der Waals surface area contributed by atoms with E-state index in [1.807, 2.05) is 0 Å². The molecule has 0 saturated carbocycles. The smallest absolute Gasteiger partial charge is 0.427 e. The molecule has 0 aromatic rings. The maximum absolute atomic E-state index is 12.7. The third-order valence-corrected chi connectivity index (χ3v) is 5.81. The molecule has 1 N–H and O–H groups in total. The van der Waals surface area contributed by atoms with Crippen LogP contribution in [0.3, 0.4) is 0 Å². The Morgan fingerprint density at radius 1 is 1.25 bits per heavy atom. The summed E-state index contributed by atoms with van der Waals surface area (Å²) in [4.78, 5) is 15.7. The molecule has 0 aromatic carbocycles. The molecular formula is C18H29F3N2O5. The van der Waals surface area contributed by atoms with Gasteiger partial charge in [0.2, 0.25) is 6.10 Å². The van der Waals surface area contributed by atoms with Crippen molar-refractivity contribution in [2.45, 2.75) is 43.6 Å². The van der Waals surface area contributed by atoms with E-state index in [-0.39, 0.29) is 18.7 Å². The summed E-state index contributed by atoms with van der Waals surface area (Å²) in [5.74, 6) is 0.525. The second kappa shape index (κ2) is 9.15. The summed E-state index contributed by atoms with van der Waals surface area (Å²) in [5, 5.41) is 8.82. The van der Waals surface area contributed by atoms with E-state index in [9.17, 15) is 18.0 Å². The van der Waals surface area contributed by atoms with Gasteiger partial charge in [-0.15, -0.1) is 0 Å². The number of rotatable bonds is 4. The molecule has 3 aliphatic heterocycles. The van der Waals surface area contributed by atoms with Gasteiger partial charge in [0.15, 0.2) is 0 Å². The first-order valence-corrected chi connectivity index (χ1v) is 9.88. The topological polar surface area (TPSA) is 71.5 Å². The van der Waals surface area contributed by atoms with Crippen LogP contribution in [0.1, 0.15) is 25.7 Å². The number of alkyl halides is 3. The average molecular weight is 410 g/mol. The molecule has 1 unspecified atom stereocenters. The maximum Gasteiger partial charge on any atom is 0.427 e. The molecule has 3 heterocycles. The summed E-state index contributed by atoms with van der Waals surface area (Å²) in [6.45, 7) is 4.07. The second-order valence-corrected chi connectivity index (χ2v) is 7.93. The fraction of sp³-hybridized carbons (Fsp3) is 0.944. The summed E-state index contributed by atoms with van der Waals surface area (Å²) in [6.07, 6.45) is -4.96. The third-order valence-electron chi connectivity index (χ3n) is 5.81. The van der Waals surface area contributed by atoms with E-state index in [0.717, 1.165) is 45.7 Å². The van der Waals surface area contributed by atoms with Crippen molar-refractivity contribution in [1.82, 2.24) is 9.80 Å². The lowest BCUT2D eigenvalue weighted by molar-refractivity contribution is -0.215. The molecule has 10 heteroatoms. The summed E-state index contributed by atoms with van der Waals surface area (Å²) in [5.41, 5.74) is -0.370. The molecule has 0 aromatic heterocycles. The number of aliphatic hydroxyl groups excluding tert-OH is 1. The maximum atomic E-state index is 12.7. The molecule has 0 aliphatic carbocycles. The Labute approximate surface area is 162 Å². The number of amides is 1. The molecule has 162 valence electrons. The minimum atomic E-state index is -4.78. The standard InChI is InChI=1S/C18H29F3N2O5/c19-18(20,21)15(11-24)28-16(25)23-5-3-17(4-6-23)13-22(7-9-27-17)10-14-2-1-8-26-12-14/h14-15,24H,1-13H2/t14?,15-/m1/s1. The van der Waals surface area contributed by atoms with Crippen molar-refractivity contribution in [3.8, 4) is 0 Å². The highest BCUT2D eigenvalue weighted by atomic mass is 19.4. The van der Waals surface area contributed by atoms with E-state index in [0.29, 0.717) is 25.4 Å². The fourth-order valence-electron chi connectivity index (χ4n) is 4.20. The Morgan fingerprint density at radius 2 is 2.00 bits per heavy atom. The van der Waals surface area contributed by atoms with Crippen molar-refractivity contribution in [2.75, 3.05) is 59.2 Å². The van der Waals surface area contributed by atoms with Gasteiger partial charge >= 0.3 is 12.3 Å². The van der Waals surface area contributed by atoms with Crippen molar-refractivity contribution in [3.05, 3.63) is 0 Å². The normalized spacial score (nSPS) is 27.6. The van der Waals surface area contributed by atoms with Crippen LogP contribution in [0.2, 0.25) is 0 Å². The summed E-state index contributed by atoms with van der Waals surface area (Å²) in [7, 11) is 0. The van der Waals surface area contributed by atoms with Crippen molar-refractivity contribution in [3.63, 3.8) is 0 Å². The molecule has 3 aliphatic rings. The van der Waals surface area contributed by atoms with Crippen LogP contribution in [0.5, 0.6) is 0 Å².